The number of hydrogen-bond acceptors (Lipinski definition) is 11. The Morgan fingerprint density at radius 2 is 1.77 bits per heavy atom. The van der Waals surface area contributed by atoms with Crippen LogP contribution < -0.4 is 25.2 Å². The highest BCUT2D eigenvalue weighted by atomic mass is 32.2. The molecule has 2 aromatic heterocycles. The summed E-state index contributed by atoms with van der Waals surface area (Å²) >= 11 is 0. The van der Waals surface area contributed by atoms with Crippen molar-refractivity contribution in [2.24, 2.45) is 7.05 Å². The van der Waals surface area contributed by atoms with Crippen LogP contribution in [0.15, 0.2) is 47.5 Å². The van der Waals surface area contributed by atoms with Gasteiger partial charge in [-0.25, -0.2) is 22.9 Å². The van der Waals surface area contributed by atoms with Crippen molar-refractivity contribution in [2.75, 3.05) is 49.5 Å². The predicted molar refractivity (Wildman–Crippen MR) is 232 cm³/mol. The molecule has 5 heterocycles. The molecule has 1 saturated carbocycles. The Morgan fingerprint density at radius 1 is 1.02 bits per heavy atom. The Balaban J connectivity index is 0.847. The Labute approximate surface area is 371 Å². The molecule has 3 amide bonds. The minimum atomic E-state index is -4.11. The number of urea groups is 1. The van der Waals surface area contributed by atoms with Gasteiger partial charge in [0, 0.05) is 58.1 Å². The van der Waals surface area contributed by atoms with Crippen LogP contribution in [0.5, 0.6) is 11.5 Å². The summed E-state index contributed by atoms with van der Waals surface area (Å²) in [6, 6.07) is 9.10. The summed E-state index contributed by atoms with van der Waals surface area (Å²) in [5.41, 5.74) is -0.995. The maximum absolute atomic E-state index is 16.3. The maximum Gasteiger partial charge on any atom is 0.329 e. The Morgan fingerprint density at radius 3 is 2.48 bits per heavy atom. The zero-order valence-corrected chi connectivity index (χ0v) is 36.8. The molecule has 4 aliphatic rings. The van der Waals surface area contributed by atoms with E-state index in [9.17, 15) is 28.1 Å². The molecular formula is C44H47F3N10O7S. The highest BCUT2D eigenvalue weighted by molar-refractivity contribution is 7.90. The number of nitrogens with zero attached hydrogens (tertiary/aromatic N) is 8. The van der Waals surface area contributed by atoms with Gasteiger partial charge < -0.3 is 14.4 Å². The maximum atomic E-state index is 16.3. The van der Waals surface area contributed by atoms with Crippen LogP contribution in [-0.2, 0) is 26.8 Å². The lowest BCUT2D eigenvalue weighted by atomic mass is 9.79. The van der Waals surface area contributed by atoms with Gasteiger partial charge in [0.25, 0.3) is 5.56 Å². The Bertz CT molecular complexity index is 2960. The highest BCUT2D eigenvalue weighted by Gasteiger charge is 2.45. The van der Waals surface area contributed by atoms with Crippen LogP contribution in [0.2, 0.25) is 0 Å². The van der Waals surface area contributed by atoms with E-state index in [4.69, 9.17) is 9.47 Å². The van der Waals surface area contributed by atoms with Crippen LogP contribution in [0.25, 0.3) is 21.8 Å². The molecule has 3 aromatic carbocycles. The first-order valence-electron chi connectivity index (χ1n) is 21.6. The van der Waals surface area contributed by atoms with Crippen molar-refractivity contribution < 1.29 is 40.7 Å². The SMILES string of the molecule is CCN(C)S(=O)(=O)Nc1ccc(F)c(Oc2ccc3ncn([C@@H]4COC5(CCN(C6CCC(c7ccc8c(N9CCC(=O)NC9=O)nn(C)c8c7F)CC6)CC5)C4)c(=O)c3c2F)c1C#N. The van der Waals surface area contributed by atoms with E-state index in [1.54, 1.807) is 26.1 Å². The van der Waals surface area contributed by atoms with E-state index in [1.165, 1.54) is 33.6 Å². The van der Waals surface area contributed by atoms with Gasteiger partial charge in [-0.1, -0.05) is 13.0 Å². The molecule has 4 fully saturated rings. The van der Waals surface area contributed by atoms with E-state index in [0.717, 1.165) is 74.1 Å². The van der Waals surface area contributed by atoms with Crippen LogP contribution in [-0.4, -0.2) is 100 Å². The van der Waals surface area contributed by atoms with Crippen molar-refractivity contribution in [1.29, 1.82) is 5.26 Å². The summed E-state index contributed by atoms with van der Waals surface area (Å²) in [7, 11) is -1.14. The Hall–Kier alpha value is -6.08. The van der Waals surface area contributed by atoms with E-state index in [-0.39, 0.29) is 55.0 Å². The number of piperidine rings is 1. The molecule has 0 unspecified atom stereocenters. The largest absolute Gasteiger partial charge is 0.450 e. The average molecular weight is 917 g/mol. The van der Waals surface area contributed by atoms with Gasteiger partial charge in [0.2, 0.25) is 5.91 Å². The summed E-state index contributed by atoms with van der Waals surface area (Å²) in [6.07, 6.45) is 6.83. The topological polar surface area (TPSA) is 197 Å². The van der Waals surface area contributed by atoms with Gasteiger partial charge in [0.1, 0.15) is 22.5 Å². The first-order chi connectivity index (χ1) is 31.1. The summed E-state index contributed by atoms with van der Waals surface area (Å²) in [6.45, 7) is 3.64. The third kappa shape index (κ3) is 7.95. The summed E-state index contributed by atoms with van der Waals surface area (Å²) < 4.78 is 91.0. The van der Waals surface area contributed by atoms with Gasteiger partial charge in [0.15, 0.2) is 34.8 Å². The number of benzene rings is 3. The molecule has 9 rings (SSSR count). The summed E-state index contributed by atoms with van der Waals surface area (Å²) in [5.74, 6) is -3.83. The fourth-order valence-corrected chi connectivity index (χ4v) is 10.8. The number of imide groups is 1. The molecule has 0 radical (unpaired) electrons. The fraction of sp³-hybridized carbons (Fsp3) is 0.455. The number of ether oxygens (including phenoxy) is 2. The van der Waals surface area contributed by atoms with E-state index in [0.29, 0.717) is 34.7 Å². The molecule has 342 valence electrons. The number of likely N-dealkylation sites (tertiary alicyclic amines) is 1. The quantitative estimate of drug-likeness (QED) is 0.168. The van der Waals surface area contributed by atoms with E-state index >= 15 is 13.2 Å². The number of anilines is 2. The third-order valence-electron chi connectivity index (χ3n) is 13.6. The molecule has 17 nitrogen and oxygen atoms in total. The van der Waals surface area contributed by atoms with Gasteiger partial charge >= 0.3 is 16.2 Å². The minimum absolute atomic E-state index is 0.0185. The molecule has 5 aromatic rings. The monoisotopic (exact) mass is 916 g/mol. The second kappa shape index (κ2) is 17.0. The number of nitrogens with one attached hydrogen (secondary N) is 2. The number of aryl methyl sites for hydroxylation is 1. The summed E-state index contributed by atoms with van der Waals surface area (Å²) in [4.78, 5) is 46.4. The average Bonchev–Trinajstić information content (AvgIpc) is 3.86. The van der Waals surface area contributed by atoms with Crippen LogP contribution in [0.4, 0.5) is 29.5 Å². The number of nitriles is 1. The van der Waals surface area contributed by atoms with Crippen molar-refractivity contribution in [3.8, 4) is 17.6 Å². The lowest BCUT2D eigenvalue weighted by Gasteiger charge is -2.44. The van der Waals surface area contributed by atoms with Gasteiger partial charge in [-0.2, -0.15) is 23.1 Å². The first-order valence-corrected chi connectivity index (χ1v) is 23.0. The second-order valence-electron chi connectivity index (χ2n) is 17.2. The number of carbonyl (C=O) groups is 2. The molecule has 3 saturated heterocycles. The molecule has 65 heavy (non-hydrogen) atoms. The van der Waals surface area contributed by atoms with Crippen molar-refractivity contribution in [1.82, 2.24) is 33.9 Å². The number of aromatic nitrogens is 4. The van der Waals surface area contributed by atoms with Crippen molar-refractivity contribution in [3.05, 3.63) is 81.7 Å². The fourth-order valence-electron chi connectivity index (χ4n) is 9.85. The molecule has 1 atom stereocenters. The number of hydrogen-bond donors (Lipinski definition) is 2. The standard InChI is InChI=1S/C44H47F3N10O7S/c1-4-53(2)65(61,62)52-32-12-11-31(45)40(30(32)22-48)64-34-14-13-33-36(38(34)47)42(59)57(24-49-33)27-21-44(63-23-27)16-19-55(20-17-44)26-7-5-25(6-8-26)28-9-10-29-39(37(28)46)54(3)51-41(29)56-18-15-35(58)50-43(56)60/h9-14,24-27,52H,4-8,15-21,23H2,1-3H3,(H,50,58,60)/t25?,26?,27-/m0/s1. The molecule has 21 heteroatoms. The second-order valence-corrected chi connectivity index (χ2v) is 19.0. The van der Waals surface area contributed by atoms with Gasteiger partial charge in [-0.15, -0.1) is 0 Å². The van der Waals surface area contributed by atoms with E-state index < -0.39 is 67.5 Å². The lowest BCUT2D eigenvalue weighted by molar-refractivity contribution is -0.120. The zero-order chi connectivity index (χ0) is 45.9. The zero-order valence-electron chi connectivity index (χ0n) is 35.9. The number of fused-ring (bicyclic) bond motifs is 2. The van der Waals surface area contributed by atoms with Crippen molar-refractivity contribution in [3.63, 3.8) is 0 Å². The number of amides is 3. The molecule has 1 spiro atoms. The molecule has 1 aliphatic carbocycles. The molecule has 3 aliphatic heterocycles. The van der Waals surface area contributed by atoms with Crippen LogP contribution in [0.3, 0.4) is 0 Å². The molecular weight excluding hydrogens is 870 g/mol. The normalized spacial score (nSPS) is 21.6. The van der Waals surface area contributed by atoms with Crippen LogP contribution >= 0.6 is 0 Å². The van der Waals surface area contributed by atoms with Gasteiger partial charge in [-0.3, -0.25) is 33.8 Å². The van der Waals surface area contributed by atoms with Crippen LogP contribution in [0, 0.1) is 28.8 Å². The number of carbonyl (C=O) groups excluding carboxylic acids is 2. The smallest absolute Gasteiger partial charge is 0.329 e. The lowest BCUT2D eigenvalue weighted by Crippen LogP contribution is -2.49. The first kappa shape index (κ1) is 44.1. The highest BCUT2D eigenvalue weighted by Crippen LogP contribution is 2.44. The minimum Gasteiger partial charge on any atom is -0.450 e. The Kier molecular flexibility index (Phi) is 11.6. The number of rotatable bonds is 10. The molecule has 0 bridgehead atoms. The van der Waals surface area contributed by atoms with Crippen molar-refractivity contribution >= 4 is 55.5 Å². The van der Waals surface area contributed by atoms with E-state index in [2.05, 4.69) is 25.0 Å². The van der Waals surface area contributed by atoms with Gasteiger partial charge in [0.05, 0.1) is 35.8 Å². The molecule has 2 N–H and O–H groups in total. The van der Waals surface area contributed by atoms with Gasteiger partial charge in [-0.05, 0) is 86.8 Å². The summed E-state index contributed by atoms with van der Waals surface area (Å²) in [5, 5.41) is 16.8. The van der Waals surface area contributed by atoms with Crippen molar-refractivity contribution in [2.45, 2.75) is 81.9 Å². The van der Waals surface area contributed by atoms with E-state index in [1.807, 2.05) is 6.07 Å². The third-order valence-corrected chi connectivity index (χ3v) is 15.1. The van der Waals surface area contributed by atoms with Crippen LogP contribution in [0.1, 0.15) is 81.4 Å². The predicted octanol–water partition coefficient (Wildman–Crippen LogP) is 5.94. The number of halogens is 3.